The van der Waals surface area contributed by atoms with Gasteiger partial charge < -0.3 is 10.1 Å². The van der Waals surface area contributed by atoms with Gasteiger partial charge in [0.1, 0.15) is 0 Å². The van der Waals surface area contributed by atoms with Gasteiger partial charge in [0.25, 0.3) is 5.91 Å². The molecule has 0 fully saturated rings. The predicted octanol–water partition coefficient (Wildman–Crippen LogP) is 4.29. The molecular weight excluding hydrogens is 402 g/mol. The fraction of sp³-hybridized carbons (Fsp3) is 0.154. The molecule has 0 radical (unpaired) electrons. The van der Waals surface area contributed by atoms with Crippen molar-refractivity contribution < 1.29 is 14.3 Å². The van der Waals surface area contributed by atoms with Gasteiger partial charge in [-0.3, -0.25) is 14.6 Å². The van der Waals surface area contributed by atoms with Crippen LogP contribution in [0.1, 0.15) is 27.4 Å². The SMILES string of the molecule is COC(=O)C(CNC(=O)c1cc(-c2ccccn2)nc2ccccc12)c1ccc(C)cc1. The lowest BCUT2D eigenvalue weighted by Gasteiger charge is -2.17. The van der Waals surface area contributed by atoms with E-state index in [2.05, 4.69) is 15.3 Å². The van der Waals surface area contributed by atoms with Crippen LogP contribution in [0.3, 0.4) is 0 Å². The maximum absolute atomic E-state index is 13.2. The largest absolute Gasteiger partial charge is 0.468 e. The van der Waals surface area contributed by atoms with E-state index >= 15 is 0 Å². The van der Waals surface area contributed by atoms with Crippen molar-refractivity contribution in [2.45, 2.75) is 12.8 Å². The second-order valence-electron chi connectivity index (χ2n) is 7.48. The molecule has 0 aliphatic carbocycles. The average molecular weight is 425 g/mol. The first-order valence-corrected chi connectivity index (χ1v) is 10.3. The van der Waals surface area contributed by atoms with Crippen LogP contribution in [0, 0.1) is 6.92 Å². The Bertz CT molecular complexity index is 1250. The number of fused-ring (bicyclic) bond motifs is 1. The lowest BCUT2D eigenvalue weighted by molar-refractivity contribution is -0.142. The Morgan fingerprint density at radius 1 is 0.969 bits per heavy atom. The summed E-state index contributed by atoms with van der Waals surface area (Å²) in [5, 5.41) is 3.64. The smallest absolute Gasteiger partial charge is 0.314 e. The molecule has 2 aromatic carbocycles. The number of para-hydroxylation sites is 1. The normalized spacial score (nSPS) is 11.7. The number of carbonyl (C=O) groups excluding carboxylic acids is 2. The highest BCUT2D eigenvalue weighted by Gasteiger charge is 2.23. The predicted molar refractivity (Wildman–Crippen MR) is 123 cm³/mol. The molecule has 0 bridgehead atoms. The Hall–Kier alpha value is -4.06. The summed E-state index contributed by atoms with van der Waals surface area (Å²) < 4.78 is 4.97. The van der Waals surface area contributed by atoms with Gasteiger partial charge in [-0.25, -0.2) is 4.98 Å². The molecule has 1 N–H and O–H groups in total. The van der Waals surface area contributed by atoms with E-state index in [0.717, 1.165) is 16.5 Å². The number of methoxy groups -OCH3 is 1. The maximum Gasteiger partial charge on any atom is 0.314 e. The third-order valence-electron chi connectivity index (χ3n) is 5.32. The number of carbonyl (C=O) groups is 2. The van der Waals surface area contributed by atoms with Crippen LogP contribution in [0.15, 0.2) is 79.0 Å². The lowest BCUT2D eigenvalue weighted by atomic mass is 9.97. The first-order chi connectivity index (χ1) is 15.6. The number of benzene rings is 2. The molecule has 1 atom stereocenters. The van der Waals surface area contributed by atoms with Crippen molar-refractivity contribution >= 4 is 22.8 Å². The number of nitrogens with zero attached hydrogens (tertiary/aromatic N) is 2. The van der Waals surface area contributed by atoms with Gasteiger partial charge in [0.05, 0.1) is 35.5 Å². The summed E-state index contributed by atoms with van der Waals surface area (Å²) in [5.41, 5.74) is 4.34. The van der Waals surface area contributed by atoms with Crippen molar-refractivity contribution in [1.82, 2.24) is 15.3 Å². The summed E-state index contributed by atoms with van der Waals surface area (Å²) in [7, 11) is 1.35. The average Bonchev–Trinajstić information content (AvgIpc) is 2.84. The minimum atomic E-state index is -0.604. The number of amides is 1. The molecule has 0 aliphatic rings. The third kappa shape index (κ3) is 4.49. The van der Waals surface area contributed by atoms with E-state index in [0.29, 0.717) is 22.5 Å². The van der Waals surface area contributed by atoms with Crippen LogP contribution in [-0.2, 0) is 9.53 Å². The minimum Gasteiger partial charge on any atom is -0.468 e. The van der Waals surface area contributed by atoms with Crippen LogP contribution in [0.5, 0.6) is 0 Å². The summed E-state index contributed by atoms with van der Waals surface area (Å²) in [6.07, 6.45) is 1.69. The van der Waals surface area contributed by atoms with Gasteiger partial charge in [-0.15, -0.1) is 0 Å². The van der Waals surface area contributed by atoms with Crippen molar-refractivity contribution in [1.29, 1.82) is 0 Å². The Morgan fingerprint density at radius 3 is 2.44 bits per heavy atom. The zero-order valence-corrected chi connectivity index (χ0v) is 17.9. The number of esters is 1. The van der Waals surface area contributed by atoms with E-state index in [1.807, 2.05) is 73.7 Å². The molecule has 2 heterocycles. The van der Waals surface area contributed by atoms with Crippen LogP contribution >= 0.6 is 0 Å². The summed E-state index contributed by atoms with van der Waals surface area (Å²) in [6, 6.07) is 22.4. The van der Waals surface area contributed by atoms with E-state index < -0.39 is 11.9 Å². The van der Waals surface area contributed by atoms with Crippen LogP contribution in [0.4, 0.5) is 0 Å². The highest BCUT2D eigenvalue weighted by Crippen LogP contribution is 2.24. The highest BCUT2D eigenvalue weighted by molar-refractivity contribution is 6.07. The zero-order valence-electron chi connectivity index (χ0n) is 17.9. The second kappa shape index (κ2) is 9.39. The first kappa shape index (κ1) is 21.2. The number of rotatable bonds is 6. The van der Waals surface area contributed by atoms with E-state index in [1.165, 1.54) is 7.11 Å². The van der Waals surface area contributed by atoms with Crippen LogP contribution in [-0.4, -0.2) is 35.5 Å². The Balaban J connectivity index is 1.65. The molecule has 0 saturated heterocycles. The number of pyridine rings is 2. The Morgan fingerprint density at radius 2 is 1.72 bits per heavy atom. The fourth-order valence-electron chi connectivity index (χ4n) is 3.58. The molecule has 32 heavy (non-hydrogen) atoms. The summed E-state index contributed by atoms with van der Waals surface area (Å²) in [4.78, 5) is 34.7. The molecule has 0 spiro atoms. The second-order valence-corrected chi connectivity index (χ2v) is 7.48. The van der Waals surface area contributed by atoms with E-state index in [-0.39, 0.29) is 12.5 Å². The molecule has 160 valence electrons. The topological polar surface area (TPSA) is 81.2 Å². The van der Waals surface area contributed by atoms with Crippen LogP contribution in [0.25, 0.3) is 22.3 Å². The van der Waals surface area contributed by atoms with Crippen molar-refractivity contribution in [2.75, 3.05) is 13.7 Å². The first-order valence-electron chi connectivity index (χ1n) is 10.3. The van der Waals surface area contributed by atoms with E-state index in [1.54, 1.807) is 12.3 Å². The fourth-order valence-corrected chi connectivity index (χ4v) is 3.58. The van der Waals surface area contributed by atoms with Gasteiger partial charge >= 0.3 is 5.97 Å². The van der Waals surface area contributed by atoms with Crippen molar-refractivity contribution in [2.24, 2.45) is 0 Å². The molecule has 2 aromatic heterocycles. The van der Waals surface area contributed by atoms with Crippen molar-refractivity contribution in [3.63, 3.8) is 0 Å². The molecule has 6 heteroatoms. The van der Waals surface area contributed by atoms with Crippen LogP contribution in [0.2, 0.25) is 0 Å². The number of hydrogen-bond acceptors (Lipinski definition) is 5. The molecule has 4 aromatic rings. The highest BCUT2D eigenvalue weighted by atomic mass is 16.5. The molecule has 6 nitrogen and oxygen atoms in total. The summed E-state index contributed by atoms with van der Waals surface area (Å²) in [6.45, 7) is 2.09. The molecule has 0 aliphatic heterocycles. The Labute approximate surface area is 186 Å². The summed E-state index contributed by atoms with van der Waals surface area (Å²) >= 11 is 0. The van der Waals surface area contributed by atoms with E-state index in [9.17, 15) is 9.59 Å². The molecule has 1 unspecified atom stereocenters. The minimum absolute atomic E-state index is 0.115. The lowest BCUT2D eigenvalue weighted by Crippen LogP contribution is -2.32. The maximum atomic E-state index is 13.2. The third-order valence-corrected chi connectivity index (χ3v) is 5.32. The number of aryl methyl sites for hydroxylation is 1. The van der Waals surface area contributed by atoms with E-state index in [4.69, 9.17) is 4.74 Å². The Kier molecular flexibility index (Phi) is 6.22. The number of hydrogen-bond donors (Lipinski definition) is 1. The van der Waals surface area contributed by atoms with Gasteiger partial charge in [0.2, 0.25) is 0 Å². The van der Waals surface area contributed by atoms with Crippen molar-refractivity contribution in [3.05, 3.63) is 95.7 Å². The zero-order chi connectivity index (χ0) is 22.5. The molecule has 4 rings (SSSR count). The molecular formula is C26H23N3O3. The summed E-state index contributed by atoms with van der Waals surface area (Å²) in [5.74, 6) is -1.29. The van der Waals surface area contributed by atoms with Gasteiger partial charge in [0, 0.05) is 18.1 Å². The quantitative estimate of drug-likeness (QED) is 0.466. The number of aromatic nitrogens is 2. The number of nitrogens with one attached hydrogen (secondary N) is 1. The van der Waals surface area contributed by atoms with Gasteiger partial charge in [-0.2, -0.15) is 0 Å². The number of ether oxygens (including phenoxy) is 1. The van der Waals surface area contributed by atoms with Gasteiger partial charge in [0.15, 0.2) is 0 Å². The standard InChI is InChI=1S/C26H23N3O3/c1-17-10-12-18(13-11-17)21(26(31)32-2)16-28-25(30)20-15-24(23-9-5-6-14-27-23)29-22-8-4-3-7-19(20)22/h3-15,21H,16H2,1-2H3,(H,28,30). The monoisotopic (exact) mass is 425 g/mol. The van der Waals surface area contributed by atoms with Crippen molar-refractivity contribution in [3.8, 4) is 11.4 Å². The molecule has 0 saturated carbocycles. The van der Waals surface area contributed by atoms with Gasteiger partial charge in [-0.05, 0) is 36.8 Å². The van der Waals surface area contributed by atoms with Crippen LogP contribution < -0.4 is 5.32 Å². The van der Waals surface area contributed by atoms with Gasteiger partial charge in [-0.1, -0.05) is 54.1 Å². The molecule has 1 amide bonds.